The molecule has 0 saturated heterocycles. The van der Waals surface area contributed by atoms with Crippen molar-refractivity contribution < 1.29 is 18.5 Å². The van der Waals surface area contributed by atoms with Crippen LogP contribution in [0.1, 0.15) is 11.1 Å². The Hall–Kier alpha value is -4.40. The van der Waals surface area contributed by atoms with Crippen LogP contribution in [0.3, 0.4) is 0 Å². The Balaban J connectivity index is 1.52. The third kappa shape index (κ3) is 5.50. The van der Waals surface area contributed by atoms with E-state index in [1.54, 1.807) is 23.0 Å². The minimum Gasteiger partial charge on any atom is -0.355 e. The number of benzene rings is 3. The lowest BCUT2D eigenvalue weighted by Gasteiger charge is -2.06. The second kappa shape index (κ2) is 10.0. The molecule has 0 fully saturated rings. The molecule has 7 nitrogen and oxygen atoms in total. The smallest absolute Gasteiger partial charge is 0.269 e. The van der Waals surface area contributed by atoms with Gasteiger partial charge in [0.25, 0.3) is 5.69 Å². The molecule has 0 radical (unpaired) electrons. The fraction of sp³-hybridized carbons (Fsp3) is 0.120. The normalized spacial score (nSPS) is 10.8. The Morgan fingerprint density at radius 2 is 1.68 bits per heavy atom. The highest BCUT2D eigenvalue weighted by Gasteiger charge is 2.16. The molecule has 0 aliphatic heterocycles. The zero-order valence-corrected chi connectivity index (χ0v) is 17.9. The van der Waals surface area contributed by atoms with E-state index in [1.807, 2.05) is 30.3 Å². The number of nitrogens with zero attached hydrogens (tertiary/aromatic N) is 3. The first-order valence-corrected chi connectivity index (χ1v) is 10.5. The summed E-state index contributed by atoms with van der Waals surface area (Å²) < 4.78 is 28.3. The predicted molar refractivity (Wildman–Crippen MR) is 122 cm³/mol. The van der Waals surface area contributed by atoms with Crippen molar-refractivity contribution in [2.24, 2.45) is 0 Å². The van der Waals surface area contributed by atoms with E-state index in [2.05, 4.69) is 10.4 Å². The van der Waals surface area contributed by atoms with Gasteiger partial charge in [-0.3, -0.25) is 14.9 Å². The molecule has 172 valence electrons. The van der Waals surface area contributed by atoms with Gasteiger partial charge in [0.15, 0.2) is 0 Å². The Kier molecular flexibility index (Phi) is 6.72. The fourth-order valence-corrected chi connectivity index (χ4v) is 3.57. The van der Waals surface area contributed by atoms with Crippen LogP contribution in [0.4, 0.5) is 14.5 Å². The highest BCUT2D eigenvalue weighted by molar-refractivity contribution is 5.81. The third-order valence-corrected chi connectivity index (χ3v) is 5.17. The standard InChI is InChI=1S/C25H20F2N4O3/c26-20-12-17(13-21(27)15-20)10-11-28-24(32)14-19-16-30(22-4-2-1-3-5-22)29-25(19)18-6-8-23(9-7-18)31(33)34/h1-9,12-13,15-16H,10-11,14H2,(H,28,32). The number of halogens is 2. The van der Waals surface area contributed by atoms with Crippen LogP contribution in [-0.4, -0.2) is 27.2 Å². The maximum absolute atomic E-state index is 13.3. The van der Waals surface area contributed by atoms with Crippen LogP contribution >= 0.6 is 0 Å². The summed E-state index contributed by atoms with van der Waals surface area (Å²) in [6, 6.07) is 18.6. The Bertz CT molecular complexity index is 1300. The molecule has 1 aromatic heterocycles. The van der Waals surface area contributed by atoms with Crippen LogP contribution in [0.15, 0.2) is 79.0 Å². The van der Waals surface area contributed by atoms with Crippen LogP contribution in [-0.2, 0) is 17.6 Å². The summed E-state index contributed by atoms with van der Waals surface area (Å²) >= 11 is 0. The van der Waals surface area contributed by atoms with Crippen molar-refractivity contribution in [1.29, 1.82) is 0 Å². The Morgan fingerprint density at radius 3 is 2.32 bits per heavy atom. The summed E-state index contributed by atoms with van der Waals surface area (Å²) in [5.41, 5.74) is 3.00. The van der Waals surface area contributed by atoms with Gasteiger partial charge in [0.05, 0.1) is 22.7 Å². The molecular formula is C25H20F2N4O3. The second-order valence-corrected chi connectivity index (χ2v) is 7.64. The van der Waals surface area contributed by atoms with Crippen LogP contribution in [0.2, 0.25) is 0 Å². The van der Waals surface area contributed by atoms with Crippen molar-refractivity contribution in [1.82, 2.24) is 15.1 Å². The zero-order chi connectivity index (χ0) is 24.1. The summed E-state index contributed by atoms with van der Waals surface area (Å²) in [5, 5.41) is 18.4. The zero-order valence-electron chi connectivity index (χ0n) is 17.9. The van der Waals surface area contributed by atoms with Crippen LogP contribution < -0.4 is 5.32 Å². The van der Waals surface area contributed by atoms with Crippen molar-refractivity contribution in [3.63, 3.8) is 0 Å². The van der Waals surface area contributed by atoms with Gasteiger partial charge in [-0.1, -0.05) is 18.2 Å². The van der Waals surface area contributed by atoms with E-state index in [0.717, 1.165) is 11.8 Å². The van der Waals surface area contributed by atoms with Crippen molar-refractivity contribution in [3.8, 4) is 16.9 Å². The number of amides is 1. The van der Waals surface area contributed by atoms with E-state index >= 15 is 0 Å². The number of rotatable bonds is 8. The molecular weight excluding hydrogens is 442 g/mol. The van der Waals surface area contributed by atoms with Gasteiger partial charge < -0.3 is 5.32 Å². The first kappa shape index (κ1) is 22.8. The third-order valence-electron chi connectivity index (χ3n) is 5.17. The molecule has 1 N–H and O–H groups in total. The molecule has 9 heteroatoms. The first-order chi connectivity index (χ1) is 16.4. The van der Waals surface area contributed by atoms with E-state index in [4.69, 9.17) is 0 Å². The molecule has 0 spiro atoms. The average Bonchev–Trinajstić information content (AvgIpc) is 3.22. The van der Waals surface area contributed by atoms with Gasteiger partial charge in [-0.2, -0.15) is 5.10 Å². The highest BCUT2D eigenvalue weighted by atomic mass is 19.1. The van der Waals surface area contributed by atoms with Gasteiger partial charge in [0.2, 0.25) is 5.91 Å². The average molecular weight is 462 g/mol. The number of hydrogen-bond acceptors (Lipinski definition) is 4. The number of carbonyl (C=O) groups excluding carboxylic acids is 1. The van der Waals surface area contributed by atoms with Crippen LogP contribution in [0.5, 0.6) is 0 Å². The van der Waals surface area contributed by atoms with Crippen molar-refractivity contribution in [2.45, 2.75) is 12.8 Å². The van der Waals surface area contributed by atoms with E-state index in [-0.39, 0.29) is 31.0 Å². The number of aromatic nitrogens is 2. The van der Waals surface area contributed by atoms with Gasteiger partial charge in [-0.15, -0.1) is 0 Å². The first-order valence-electron chi connectivity index (χ1n) is 10.5. The second-order valence-electron chi connectivity index (χ2n) is 7.64. The predicted octanol–water partition coefficient (Wildman–Crippen LogP) is 4.63. The number of nitro benzene ring substituents is 1. The molecule has 3 aromatic carbocycles. The van der Waals surface area contributed by atoms with Gasteiger partial charge in [0, 0.05) is 42.1 Å². The molecule has 1 heterocycles. The van der Waals surface area contributed by atoms with Crippen molar-refractivity contribution in [3.05, 3.63) is 112 Å². The van der Waals surface area contributed by atoms with E-state index in [0.29, 0.717) is 22.4 Å². The highest BCUT2D eigenvalue weighted by Crippen LogP contribution is 2.26. The number of nitro groups is 1. The van der Waals surface area contributed by atoms with Gasteiger partial charge >= 0.3 is 0 Å². The lowest BCUT2D eigenvalue weighted by molar-refractivity contribution is -0.384. The number of nitrogens with one attached hydrogen (secondary N) is 1. The molecule has 0 bridgehead atoms. The van der Waals surface area contributed by atoms with E-state index < -0.39 is 16.6 Å². The van der Waals surface area contributed by atoms with Gasteiger partial charge in [-0.05, 0) is 48.4 Å². The topological polar surface area (TPSA) is 90.1 Å². The minimum absolute atomic E-state index is 0.0106. The molecule has 0 atom stereocenters. The molecule has 0 saturated carbocycles. The van der Waals surface area contributed by atoms with Crippen molar-refractivity contribution in [2.75, 3.05) is 6.54 Å². The lowest BCUT2D eigenvalue weighted by Crippen LogP contribution is -2.27. The summed E-state index contributed by atoms with van der Waals surface area (Å²) in [6.45, 7) is 0.210. The lowest BCUT2D eigenvalue weighted by atomic mass is 10.1. The number of non-ortho nitro benzene ring substituents is 1. The number of para-hydroxylation sites is 1. The molecule has 4 rings (SSSR count). The van der Waals surface area contributed by atoms with Crippen LogP contribution in [0, 0.1) is 21.7 Å². The Labute approximate surface area is 193 Å². The fourth-order valence-electron chi connectivity index (χ4n) is 3.57. The van der Waals surface area contributed by atoms with E-state index in [9.17, 15) is 23.7 Å². The quantitative estimate of drug-likeness (QED) is 0.305. The summed E-state index contributed by atoms with van der Waals surface area (Å²) in [5.74, 6) is -1.61. The molecule has 0 aliphatic carbocycles. The molecule has 34 heavy (non-hydrogen) atoms. The van der Waals surface area contributed by atoms with Crippen LogP contribution in [0.25, 0.3) is 16.9 Å². The molecule has 4 aromatic rings. The van der Waals surface area contributed by atoms with Gasteiger partial charge in [0.1, 0.15) is 11.6 Å². The number of hydrogen-bond donors (Lipinski definition) is 1. The largest absolute Gasteiger partial charge is 0.355 e. The SMILES string of the molecule is O=C(Cc1cn(-c2ccccc2)nc1-c1ccc([N+](=O)[O-])cc1)NCCc1cc(F)cc(F)c1. The maximum atomic E-state index is 13.3. The summed E-state index contributed by atoms with van der Waals surface area (Å²) in [4.78, 5) is 23.1. The Morgan fingerprint density at radius 1 is 1.00 bits per heavy atom. The summed E-state index contributed by atoms with van der Waals surface area (Å²) in [7, 11) is 0. The minimum atomic E-state index is -0.664. The summed E-state index contributed by atoms with van der Waals surface area (Å²) in [6.07, 6.45) is 2.03. The molecule has 1 amide bonds. The molecule has 0 unspecified atom stereocenters. The van der Waals surface area contributed by atoms with Gasteiger partial charge in [-0.25, -0.2) is 13.5 Å². The monoisotopic (exact) mass is 462 g/mol. The number of carbonyl (C=O) groups is 1. The van der Waals surface area contributed by atoms with E-state index in [1.165, 1.54) is 24.3 Å². The molecule has 0 aliphatic rings. The van der Waals surface area contributed by atoms with Crippen molar-refractivity contribution >= 4 is 11.6 Å². The maximum Gasteiger partial charge on any atom is 0.269 e.